The first-order valence-corrected chi connectivity index (χ1v) is 12.2. The van der Waals surface area contributed by atoms with Crippen LogP contribution in [0.3, 0.4) is 0 Å². The molecule has 0 saturated carbocycles. The van der Waals surface area contributed by atoms with Crippen molar-refractivity contribution in [2.45, 2.75) is 58.9 Å². The van der Waals surface area contributed by atoms with Crippen LogP contribution in [0.2, 0.25) is 0 Å². The third-order valence-electron chi connectivity index (χ3n) is 4.86. The third kappa shape index (κ3) is 6.90. The fourth-order valence-electron chi connectivity index (χ4n) is 3.34. The molecule has 0 aliphatic rings. The lowest BCUT2D eigenvalue weighted by Crippen LogP contribution is -2.51. The predicted molar refractivity (Wildman–Crippen MR) is 121 cm³/mol. The molecular weight excluding hydrogens is 416 g/mol. The molecule has 1 aromatic carbocycles. The van der Waals surface area contributed by atoms with Gasteiger partial charge in [0.05, 0.1) is 11.2 Å². The number of furan rings is 1. The highest BCUT2D eigenvalue weighted by Gasteiger charge is 2.32. The Morgan fingerprint density at radius 1 is 1.00 bits per heavy atom. The number of benzene rings is 1. The number of Topliss-reactive ketones (excluding diaryl/α,β-unsaturated/α-hetero) is 1. The van der Waals surface area contributed by atoms with E-state index < -0.39 is 16.1 Å². The Morgan fingerprint density at radius 2 is 1.61 bits per heavy atom. The van der Waals surface area contributed by atoms with Crippen LogP contribution in [0.25, 0.3) is 11.0 Å². The molecule has 0 fully saturated rings. The number of fused-ring (bicyclic) bond motifs is 1. The minimum atomic E-state index is -4.03. The van der Waals surface area contributed by atoms with Crippen molar-refractivity contribution < 1.29 is 22.4 Å². The van der Waals surface area contributed by atoms with E-state index in [-0.39, 0.29) is 40.8 Å². The number of hydrogen-bond donors (Lipinski definition) is 1. The molecule has 2 aromatic rings. The van der Waals surface area contributed by atoms with E-state index in [4.69, 9.17) is 4.42 Å². The molecule has 172 valence electrons. The number of carbonyl (C=O) groups is 2. The van der Waals surface area contributed by atoms with Gasteiger partial charge >= 0.3 is 0 Å². The topological polar surface area (TPSA) is 96.7 Å². The summed E-state index contributed by atoms with van der Waals surface area (Å²) >= 11 is 0. The van der Waals surface area contributed by atoms with Crippen molar-refractivity contribution in [1.82, 2.24) is 9.62 Å². The van der Waals surface area contributed by atoms with Crippen LogP contribution in [0.4, 0.5) is 0 Å². The van der Waals surface area contributed by atoms with Gasteiger partial charge in [0, 0.05) is 30.8 Å². The Hall–Kier alpha value is -2.19. The molecule has 0 saturated heterocycles. The van der Waals surface area contributed by atoms with E-state index in [9.17, 15) is 18.0 Å². The molecule has 1 amide bonds. The van der Waals surface area contributed by atoms with Gasteiger partial charge in [-0.2, -0.15) is 4.72 Å². The minimum Gasteiger partial charge on any atom is -0.464 e. The zero-order valence-corrected chi connectivity index (χ0v) is 20.0. The van der Waals surface area contributed by atoms with Gasteiger partial charge in [-0.15, -0.1) is 0 Å². The summed E-state index contributed by atoms with van der Waals surface area (Å²) in [6.45, 7) is 12.5. The molecule has 0 spiro atoms. The third-order valence-corrected chi connectivity index (χ3v) is 6.33. The SMILES string of the molecule is CC(C)CN(CC(C)C)C(=O)[C@H](CC(=O)C(C)C)NS(=O)(=O)c1ccc2occc2c1. The summed E-state index contributed by atoms with van der Waals surface area (Å²) < 4.78 is 34.0. The highest BCUT2D eigenvalue weighted by Crippen LogP contribution is 2.21. The number of nitrogens with one attached hydrogen (secondary N) is 1. The summed E-state index contributed by atoms with van der Waals surface area (Å²) in [7, 11) is -4.03. The number of amides is 1. The second-order valence-electron chi connectivity index (χ2n) is 9.15. The molecule has 7 nitrogen and oxygen atoms in total. The molecule has 0 aliphatic heterocycles. The quantitative estimate of drug-likeness (QED) is 0.561. The van der Waals surface area contributed by atoms with Crippen molar-refractivity contribution >= 4 is 32.7 Å². The molecule has 1 N–H and O–H groups in total. The Bertz CT molecular complexity index is 998. The summed E-state index contributed by atoms with van der Waals surface area (Å²) in [5.74, 6) is -0.413. The Labute approximate surface area is 185 Å². The first-order valence-electron chi connectivity index (χ1n) is 10.7. The number of carbonyl (C=O) groups excluding carboxylic acids is 2. The van der Waals surface area contributed by atoms with Crippen LogP contribution in [0.5, 0.6) is 0 Å². The molecule has 0 bridgehead atoms. The molecule has 0 aliphatic carbocycles. The lowest BCUT2D eigenvalue weighted by atomic mass is 10.0. The second kappa shape index (κ2) is 10.4. The van der Waals surface area contributed by atoms with Crippen LogP contribution in [0.1, 0.15) is 48.0 Å². The molecule has 1 heterocycles. The summed E-state index contributed by atoms with van der Waals surface area (Å²) in [5, 5.41) is 0.644. The van der Waals surface area contributed by atoms with Crippen LogP contribution >= 0.6 is 0 Å². The first kappa shape index (κ1) is 25.1. The van der Waals surface area contributed by atoms with Crippen LogP contribution < -0.4 is 4.72 Å². The lowest BCUT2D eigenvalue weighted by Gasteiger charge is -2.30. The van der Waals surface area contributed by atoms with Gasteiger partial charge in [-0.3, -0.25) is 9.59 Å². The van der Waals surface area contributed by atoms with E-state index in [0.29, 0.717) is 24.1 Å². The molecule has 0 radical (unpaired) electrons. The van der Waals surface area contributed by atoms with E-state index in [1.165, 1.54) is 18.4 Å². The molecular formula is C23H34N2O5S. The van der Waals surface area contributed by atoms with Crippen LogP contribution in [-0.2, 0) is 19.6 Å². The van der Waals surface area contributed by atoms with Crippen molar-refractivity contribution in [3.63, 3.8) is 0 Å². The van der Waals surface area contributed by atoms with Gasteiger partial charge in [0.2, 0.25) is 15.9 Å². The standard InChI is InChI=1S/C23H34N2O5S/c1-15(2)13-25(14-16(3)4)23(27)20(12-21(26)17(5)6)24-31(28,29)19-7-8-22-18(11-19)9-10-30-22/h7-11,15-17,20,24H,12-14H2,1-6H3/t20-/m0/s1. The number of ketones is 1. The number of nitrogens with zero attached hydrogens (tertiary/aromatic N) is 1. The lowest BCUT2D eigenvalue weighted by molar-refractivity contribution is -0.136. The van der Waals surface area contributed by atoms with Crippen molar-refractivity contribution in [2.24, 2.45) is 17.8 Å². The molecule has 31 heavy (non-hydrogen) atoms. The minimum absolute atomic E-state index is 0.0236. The number of rotatable bonds is 11. The van der Waals surface area contributed by atoms with Gasteiger partial charge < -0.3 is 9.32 Å². The van der Waals surface area contributed by atoms with Gasteiger partial charge in [-0.1, -0.05) is 41.5 Å². The van der Waals surface area contributed by atoms with E-state index in [1.54, 1.807) is 30.9 Å². The molecule has 1 aromatic heterocycles. The highest BCUT2D eigenvalue weighted by molar-refractivity contribution is 7.89. The van der Waals surface area contributed by atoms with Gasteiger partial charge in [0.1, 0.15) is 17.4 Å². The molecule has 0 unspecified atom stereocenters. The maximum absolute atomic E-state index is 13.4. The number of sulfonamides is 1. The second-order valence-corrected chi connectivity index (χ2v) is 10.9. The largest absolute Gasteiger partial charge is 0.464 e. The Kier molecular flexibility index (Phi) is 8.42. The van der Waals surface area contributed by atoms with Crippen LogP contribution in [0.15, 0.2) is 39.8 Å². The first-order chi connectivity index (χ1) is 14.4. The van der Waals surface area contributed by atoms with Crippen LogP contribution in [0, 0.1) is 17.8 Å². The van der Waals surface area contributed by atoms with Gasteiger partial charge in [-0.05, 0) is 36.1 Å². The van der Waals surface area contributed by atoms with Crippen molar-refractivity contribution in [3.8, 4) is 0 Å². The van der Waals surface area contributed by atoms with Crippen molar-refractivity contribution in [2.75, 3.05) is 13.1 Å². The zero-order valence-electron chi connectivity index (χ0n) is 19.2. The number of hydrogen-bond acceptors (Lipinski definition) is 5. The maximum Gasteiger partial charge on any atom is 0.241 e. The van der Waals surface area contributed by atoms with Gasteiger partial charge in [0.15, 0.2) is 0 Å². The summed E-state index contributed by atoms with van der Waals surface area (Å²) in [6.07, 6.45) is 1.30. The zero-order chi connectivity index (χ0) is 23.3. The Balaban J connectivity index is 2.36. The van der Waals surface area contributed by atoms with E-state index in [0.717, 1.165) is 0 Å². The van der Waals surface area contributed by atoms with E-state index in [2.05, 4.69) is 4.72 Å². The fourth-order valence-corrected chi connectivity index (χ4v) is 4.56. The normalized spacial score (nSPS) is 13.3. The summed E-state index contributed by atoms with van der Waals surface area (Å²) in [4.78, 5) is 27.5. The molecule has 2 rings (SSSR count). The molecule has 8 heteroatoms. The fraction of sp³-hybridized carbons (Fsp3) is 0.565. The summed E-state index contributed by atoms with van der Waals surface area (Å²) in [5.41, 5.74) is 0.571. The average molecular weight is 451 g/mol. The maximum atomic E-state index is 13.4. The van der Waals surface area contributed by atoms with Crippen molar-refractivity contribution in [1.29, 1.82) is 0 Å². The van der Waals surface area contributed by atoms with E-state index >= 15 is 0 Å². The van der Waals surface area contributed by atoms with E-state index in [1.807, 2.05) is 27.7 Å². The van der Waals surface area contributed by atoms with Gasteiger partial charge in [0.25, 0.3) is 0 Å². The highest BCUT2D eigenvalue weighted by atomic mass is 32.2. The average Bonchev–Trinajstić information content (AvgIpc) is 3.13. The molecule has 1 atom stereocenters. The Morgan fingerprint density at radius 3 is 2.16 bits per heavy atom. The smallest absolute Gasteiger partial charge is 0.241 e. The van der Waals surface area contributed by atoms with Crippen LogP contribution in [-0.4, -0.2) is 44.1 Å². The summed E-state index contributed by atoms with van der Waals surface area (Å²) in [6, 6.07) is 5.01. The van der Waals surface area contributed by atoms with Gasteiger partial charge in [-0.25, -0.2) is 8.42 Å². The predicted octanol–water partition coefficient (Wildman–Crippen LogP) is 3.84. The van der Waals surface area contributed by atoms with Crippen molar-refractivity contribution in [3.05, 3.63) is 30.5 Å². The monoisotopic (exact) mass is 450 g/mol.